The molecule has 0 aliphatic carbocycles. The lowest BCUT2D eigenvalue weighted by atomic mass is 10.5. The number of aromatic nitrogens is 2. The van der Waals surface area contributed by atoms with Gasteiger partial charge in [0.05, 0.1) is 6.20 Å². The van der Waals surface area contributed by atoms with Gasteiger partial charge in [0.15, 0.2) is 5.82 Å². The molecule has 1 amide bonds. The van der Waals surface area contributed by atoms with Crippen LogP contribution < -0.4 is 11.1 Å². The van der Waals surface area contributed by atoms with Gasteiger partial charge in [-0.15, -0.1) is 0 Å². The minimum Gasteiger partial charge on any atom is -0.384 e. The highest BCUT2D eigenvalue weighted by Crippen LogP contribution is 1.96. The molecule has 0 saturated heterocycles. The van der Waals surface area contributed by atoms with Crippen molar-refractivity contribution >= 4 is 11.7 Å². The predicted molar refractivity (Wildman–Crippen MR) is 41.0 cm³/mol. The maximum absolute atomic E-state index is 11.0. The standard InChI is InChI=1S/C6H10N4O/c1-2-8-6(11)5-9-3-4(7)10-5/h3H,2,7H2,1H3,(H,8,11)(H,9,10). The van der Waals surface area contributed by atoms with Crippen LogP contribution in [0.2, 0.25) is 0 Å². The van der Waals surface area contributed by atoms with Gasteiger partial charge >= 0.3 is 0 Å². The molecule has 0 radical (unpaired) electrons. The molecule has 1 rings (SSSR count). The van der Waals surface area contributed by atoms with Crippen LogP contribution in [0, 0.1) is 0 Å². The fraction of sp³-hybridized carbons (Fsp3) is 0.333. The molecule has 1 heterocycles. The highest BCUT2D eigenvalue weighted by atomic mass is 16.2. The Bertz CT molecular complexity index is 255. The molecule has 0 aliphatic heterocycles. The number of aromatic amines is 1. The zero-order valence-electron chi connectivity index (χ0n) is 6.22. The molecule has 1 aromatic rings. The summed E-state index contributed by atoms with van der Waals surface area (Å²) in [5.41, 5.74) is 5.31. The van der Waals surface area contributed by atoms with Crippen LogP contribution in [0.3, 0.4) is 0 Å². The average Bonchev–Trinajstić information content (AvgIpc) is 2.36. The molecule has 5 nitrogen and oxygen atoms in total. The first-order valence-corrected chi connectivity index (χ1v) is 3.32. The van der Waals surface area contributed by atoms with Crippen molar-refractivity contribution in [1.82, 2.24) is 15.3 Å². The minimum absolute atomic E-state index is 0.232. The second kappa shape index (κ2) is 3.05. The smallest absolute Gasteiger partial charge is 0.287 e. The van der Waals surface area contributed by atoms with Gasteiger partial charge in [-0.3, -0.25) is 4.79 Å². The number of H-pyrrole nitrogens is 1. The van der Waals surface area contributed by atoms with Gasteiger partial charge in [-0.1, -0.05) is 0 Å². The second-order valence-electron chi connectivity index (χ2n) is 2.05. The number of hydrogen-bond donors (Lipinski definition) is 3. The first kappa shape index (κ1) is 7.59. The molecular formula is C6H10N4O. The van der Waals surface area contributed by atoms with E-state index in [2.05, 4.69) is 15.3 Å². The van der Waals surface area contributed by atoms with Crippen LogP contribution in [0.15, 0.2) is 6.20 Å². The van der Waals surface area contributed by atoms with E-state index in [-0.39, 0.29) is 11.7 Å². The number of carbonyl (C=O) groups is 1. The topological polar surface area (TPSA) is 83.8 Å². The third-order valence-electron chi connectivity index (χ3n) is 1.15. The van der Waals surface area contributed by atoms with Gasteiger partial charge in [0.2, 0.25) is 0 Å². The molecule has 0 aliphatic rings. The fourth-order valence-electron chi connectivity index (χ4n) is 0.695. The van der Waals surface area contributed by atoms with E-state index < -0.39 is 0 Å². The number of nitrogens with zero attached hydrogens (tertiary/aromatic N) is 1. The number of anilines is 1. The number of imidazole rings is 1. The van der Waals surface area contributed by atoms with E-state index >= 15 is 0 Å². The molecule has 0 fully saturated rings. The molecule has 0 atom stereocenters. The molecule has 0 bridgehead atoms. The average molecular weight is 154 g/mol. The largest absolute Gasteiger partial charge is 0.384 e. The Balaban J connectivity index is 2.69. The number of amides is 1. The Morgan fingerprint density at radius 1 is 1.91 bits per heavy atom. The van der Waals surface area contributed by atoms with E-state index in [1.54, 1.807) is 0 Å². The van der Waals surface area contributed by atoms with Gasteiger partial charge in [-0.25, -0.2) is 4.98 Å². The van der Waals surface area contributed by atoms with Gasteiger partial charge < -0.3 is 16.0 Å². The second-order valence-corrected chi connectivity index (χ2v) is 2.05. The van der Waals surface area contributed by atoms with Crippen LogP contribution in [-0.4, -0.2) is 22.4 Å². The highest BCUT2D eigenvalue weighted by molar-refractivity contribution is 5.90. The van der Waals surface area contributed by atoms with E-state index in [4.69, 9.17) is 5.73 Å². The van der Waals surface area contributed by atoms with E-state index in [9.17, 15) is 4.79 Å². The molecule has 0 aromatic carbocycles. The Morgan fingerprint density at radius 2 is 2.64 bits per heavy atom. The molecule has 1 aromatic heterocycles. The zero-order valence-corrected chi connectivity index (χ0v) is 6.22. The lowest BCUT2D eigenvalue weighted by Crippen LogP contribution is -2.23. The summed E-state index contributed by atoms with van der Waals surface area (Å²) in [7, 11) is 0. The number of nitrogens with two attached hydrogens (primary N) is 1. The molecule has 0 unspecified atom stereocenters. The molecular weight excluding hydrogens is 144 g/mol. The van der Waals surface area contributed by atoms with E-state index in [1.165, 1.54) is 6.20 Å². The molecule has 11 heavy (non-hydrogen) atoms. The quantitative estimate of drug-likeness (QED) is 0.548. The first-order chi connectivity index (χ1) is 5.24. The van der Waals surface area contributed by atoms with Crippen molar-refractivity contribution in [3.8, 4) is 0 Å². The number of rotatable bonds is 2. The SMILES string of the molecule is CCNC(=O)c1ncc(N)[nH]1. The van der Waals surface area contributed by atoms with E-state index in [1.807, 2.05) is 6.92 Å². The molecule has 0 saturated carbocycles. The monoisotopic (exact) mass is 154 g/mol. The summed E-state index contributed by atoms with van der Waals surface area (Å²) in [4.78, 5) is 17.4. The number of nitrogens with one attached hydrogen (secondary N) is 2. The van der Waals surface area contributed by atoms with Crippen LogP contribution in [0.4, 0.5) is 5.82 Å². The summed E-state index contributed by atoms with van der Waals surface area (Å²) in [6.07, 6.45) is 1.41. The van der Waals surface area contributed by atoms with E-state index in [0.717, 1.165) is 0 Å². The normalized spacial score (nSPS) is 9.55. The van der Waals surface area contributed by atoms with Crippen molar-refractivity contribution in [3.05, 3.63) is 12.0 Å². The van der Waals surface area contributed by atoms with Crippen molar-refractivity contribution < 1.29 is 4.79 Å². The van der Waals surface area contributed by atoms with Gasteiger partial charge in [0.1, 0.15) is 5.82 Å². The van der Waals surface area contributed by atoms with E-state index in [0.29, 0.717) is 12.4 Å². The Labute approximate surface area is 64.0 Å². The summed E-state index contributed by atoms with van der Waals surface area (Å²) < 4.78 is 0. The highest BCUT2D eigenvalue weighted by Gasteiger charge is 2.06. The number of nitrogen functional groups attached to an aromatic ring is 1. The molecule has 60 valence electrons. The predicted octanol–water partition coefficient (Wildman–Crippen LogP) is -0.258. The summed E-state index contributed by atoms with van der Waals surface area (Å²) >= 11 is 0. The summed E-state index contributed by atoms with van der Waals surface area (Å²) in [5.74, 6) is 0.416. The fourth-order valence-corrected chi connectivity index (χ4v) is 0.695. The number of hydrogen-bond acceptors (Lipinski definition) is 3. The Morgan fingerprint density at radius 3 is 3.09 bits per heavy atom. The Kier molecular flexibility index (Phi) is 2.10. The molecule has 4 N–H and O–H groups in total. The third kappa shape index (κ3) is 1.70. The molecule has 5 heteroatoms. The minimum atomic E-state index is -0.232. The van der Waals surface area contributed by atoms with Crippen molar-refractivity contribution in [2.45, 2.75) is 6.92 Å². The van der Waals surface area contributed by atoms with Crippen LogP contribution >= 0.6 is 0 Å². The zero-order chi connectivity index (χ0) is 8.27. The molecule has 0 spiro atoms. The van der Waals surface area contributed by atoms with Crippen LogP contribution in [0.5, 0.6) is 0 Å². The van der Waals surface area contributed by atoms with Gasteiger partial charge in [-0.2, -0.15) is 0 Å². The lowest BCUT2D eigenvalue weighted by Gasteiger charge is -1.95. The first-order valence-electron chi connectivity index (χ1n) is 3.32. The van der Waals surface area contributed by atoms with Gasteiger partial charge in [0, 0.05) is 6.54 Å². The van der Waals surface area contributed by atoms with Crippen molar-refractivity contribution in [2.24, 2.45) is 0 Å². The van der Waals surface area contributed by atoms with Crippen molar-refractivity contribution in [3.63, 3.8) is 0 Å². The third-order valence-corrected chi connectivity index (χ3v) is 1.15. The maximum atomic E-state index is 11.0. The van der Waals surface area contributed by atoms with Gasteiger partial charge in [0.25, 0.3) is 5.91 Å². The number of carbonyl (C=O) groups excluding carboxylic acids is 1. The van der Waals surface area contributed by atoms with Crippen LogP contribution in [0.25, 0.3) is 0 Å². The summed E-state index contributed by atoms with van der Waals surface area (Å²) in [6, 6.07) is 0. The summed E-state index contributed by atoms with van der Waals surface area (Å²) in [6.45, 7) is 2.42. The van der Waals surface area contributed by atoms with Gasteiger partial charge in [-0.05, 0) is 6.92 Å². The van der Waals surface area contributed by atoms with Crippen molar-refractivity contribution in [1.29, 1.82) is 0 Å². The lowest BCUT2D eigenvalue weighted by molar-refractivity contribution is 0.0946. The summed E-state index contributed by atoms with van der Waals surface area (Å²) in [5, 5.41) is 2.59. The van der Waals surface area contributed by atoms with Crippen LogP contribution in [-0.2, 0) is 0 Å². The maximum Gasteiger partial charge on any atom is 0.287 e. The van der Waals surface area contributed by atoms with Crippen molar-refractivity contribution in [2.75, 3.05) is 12.3 Å². The Hall–Kier alpha value is -1.52. The van der Waals surface area contributed by atoms with Crippen LogP contribution in [0.1, 0.15) is 17.5 Å².